The van der Waals surface area contributed by atoms with Crippen LogP contribution in [0.3, 0.4) is 0 Å². The van der Waals surface area contributed by atoms with Crippen LogP contribution in [0.4, 0.5) is 0 Å². The minimum atomic E-state index is -0.441. The summed E-state index contributed by atoms with van der Waals surface area (Å²) in [6.07, 6.45) is 0.902. The van der Waals surface area contributed by atoms with Crippen LogP contribution in [-0.4, -0.2) is 24.1 Å². The summed E-state index contributed by atoms with van der Waals surface area (Å²) in [7, 11) is 1.64. The fraction of sp³-hybridized carbons (Fsp3) is 0.300. The van der Waals surface area contributed by atoms with Crippen molar-refractivity contribution in [2.45, 2.75) is 26.3 Å². The molecule has 1 amide bonds. The summed E-state index contributed by atoms with van der Waals surface area (Å²) in [5, 5.41) is 2.89. The number of carbonyl (C=O) groups is 1. The summed E-state index contributed by atoms with van der Waals surface area (Å²) in [6.45, 7) is 2.82. The van der Waals surface area contributed by atoms with Crippen LogP contribution < -0.4 is 15.8 Å². The monoisotopic (exact) mass is 354 g/mol. The molecule has 2 aromatic carbocycles. The number of benzene rings is 2. The van der Waals surface area contributed by atoms with Crippen molar-refractivity contribution in [2.75, 3.05) is 13.7 Å². The highest BCUT2D eigenvalue weighted by Crippen LogP contribution is 2.19. The van der Waals surface area contributed by atoms with Crippen LogP contribution in [0.2, 0.25) is 0 Å². The van der Waals surface area contributed by atoms with Crippen LogP contribution in [-0.2, 0) is 17.8 Å². The second-order valence-corrected chi connectivity index (χ2v) is 6.15. The van der Waals surface area contributed by atoms with Crippen LogP contribution in [0.15, 0.2) is 51.7 Å². The average Bonchev–Trinajstić information content (AvgIpc) is 2.95. The van der Waals surface area contributed by atoms with Crippen LogP contribution >= 0.6 is 0 Å². The van der Waals surface area contributed by atoms with Gasteiger partial charge in [-0.2, -0.15) is 0 Å². The maximum absolute atomic E-state index is 12.1. The van der Waals surface area contributed by atoms with E-state index in [0.717, 1.165) is 16.9 Å². The van der Waals surface area contributed by atoms with Crippen molar-refractivity contribution in [3.05, 3.63) is 64.1 Å². The summed E-state index contributed by atoms with van der Waals surface area (Å²) in [4.78, 5) is 24.0. The van der Waals surface area contributed by atoms with Gasteiger partial charge in [0.25, 0.3) is 0 Å². The number of aryl methyl sites for hydroxylation is 2. The van der Waals surface area contributed by atoms with Gasteiger partial charge in [-0.1, -0.05) is 29.8 Å². The minimum Gasteiger partial charge on any atom is -0.496 e. The number of para-hydroxylation sites is 2. The first-order valence-electron chi connectivity index (χ1n) is 8.57. The van der Waals surface area contributed by atoms with Crippen molar-refractivity contribution in [3.63, 3.8) is 0 Å². The largest absolute Gasteiger partial charge is 0.496 e. The molecule has 3 aromatic rings. The Morgan fingerprint density at radius 1 is 1.23 bits per heavy atom. The van der Waals surface area contributed by atoms with E-state index in [9.17, 15) is 9.59 Å². The van der Waals surface area contributed by atoms with Gasteiger partial charge in [-0.3, -0.25) is 9.36 Å². The quantitative estimate of drug-likeness (QED) is 0.708. The van der Waals surface area contributed by atoms with Crippen molar-refractivity contribution in [2.24, 2.45) is 0 Å². The van der Waals surface area contributed by atoms with Gasteiger partial charge in [-0.25, -0.2) is 4.79 Å². The lowest BCUT2D eigenvalue weighted by Gasteiger charge is -2.10. The van der Waals surface area contributed by atoms with E-state index in [-0.39, 0.29) is 18.9 Å². The Balaban J connectivity index is 1.54. The van der Waals surface area contributed by atoms with E-state index < -0.39 is 5.76 Å². The predicted molar refractivity (Wildman–Crippen MR) is 99.5 cm³/mol. The SMILES string of the molecule is COc1ccc(C)cc1CCNC(=O)CCn1c(=O)oc2ccccc21. The standard InChI is InChI=1S/C20H22N2O4/c1-14-7-8-17(25-2)15(13-14)9-11-21-19(23)10-12-22-16-5-3-4-6-18(16)26-20(22)24/h3-8,13H,9-12H2,1-2H3,(H,21,23). The van der Waals surface area contributed by atoms with Gasteiger partial charge in [0.2, 0.25) is 5.91 Å². The van der Waals surface area contributed by atoms with E-state index in [0.29, 0.717) is 24.1 Å². The van der Waals surface area contributed by atoms with Crippen molar-refractivity contribution in [1.29, 1.82) is 0 Å². The first-order chi connectivity index (χ1) is 12.6. The fourth-order valence-electron chi connectivity index (χ4n) is 2.97. The predicted octanol–water partition coefficient (Wildman–Crippen LogP) is 2.66. The van der Waals surface area contributed by atoms with Crippen molar-refractivity contribution in [1.82, 2.24) is 9.88 Å². The van der Waals surface area contributed by atoms with Crippen LogP contribution in [0.5, 0.6) is 5.75 Å². The van der Waals surface area contributed by atoms with Gasteiger partial charge in [0.05, 0.1) is 12.6 Å². The zero-order chi connectivity index (χ0) is 18.5. The number of rotatable bonds is 7. The number of amides is 1. The van der Waals surface area contributed by atoms with Gasteiger partial charge >= 0.3 is 5.76 Å². The molecule has 0 aliphatic carbocycles. The summed E-state index contributed by atoms with van der Waals surface area (Å²) in [6, 6.07) is 13.2. The molecular weight excluding hydrogens is 332 g/mol. The molecule has 136 valence electrons. The Hall–Kier alpha value is -3.02. The molecule has 6 nitrogen and oxygen atoms in total. The number of carbonyl (C=O) groups excluding carboxylic acids is 1. The van der Waals surface area contributed by atoms with E-state index in [1.54, 1.807) is 13.2 Å². The molecule has 0 radical (unpaired) electrons. The Kier molecular flexibility index (Phi) is 5.41. The molecule has 0 unspecified atom stereocenters. The Bertz CT molecular complexity index is 971. The zero-order valence-corrected chi connectivity index (χ0v) is 15.0. The number of nitrogens with zero attached hydrogens (tertiary/aromatic N) is 1. The molecule has 1 N–H and O–H groups in total. The van der Waals surface area contributed by atoms with E-state index in [1.807, 2.05) is 37.3 Å². The second-order valence-electron chi connectivity index (χ2n) is 6.15. The topological polar surface area (TPSA) is 73.5 Å². The maximum atomic E-state index is 12.1. The molecule has 3 rings (SSSR count). The third-order valence-electron chi connectivity index (χ3n) is 4.29. The number of aromatic nitrogens is 1. The molecule has 0 aliphatic heterocycles. The highest BCUT2D eigenvalue weighted by atomic mass is 16.5. The van der Waals surface area contributed by atoms with Gasteiger partial charge in [-0.05, 0) is 37.1 Å². The lowest BCUT2D eigenvalue weighted by atomic mass is 10.1. The lowest BCUT2D eigenvalue weighted by molar-refractivity contribution is -0.121. The van der Waals surface area contributed by atoms with E-state index >= 15 is 0 Å². The Labute approximate surface area is 151 Å². The molecule has 0 saturated heterocycles. The normalized spacial score (nSPS) is 10.8. The van der Waals surface area contributed by atoms with E-state index in [1.165, 1.54) is 4.57 Å². The smallest absolute Gasteiger partial charge is 0.419 e. The summed E-state index contributed by atoms with van der Waals surface area (Å²) >= 11 is 0. The van der Waals surface area contributed by atoms with Gasteiger partial charge in [0.15, 0.2) is 5.58 Å². The molecule has 0 fully saturated rings. The number of hydrogen-bond donors (Lipinski definition) is 1. The van der Waals surface area contributed by atoms with Crippen LogP contribution in [0, 0.1) is 6.92 Å². The summed E-state index contributed by atoms with van der Waals surface area (Å²) in [5.74, 6) is 0.276. The zero-order valence-electron chi connectivity index (χ0n) is 15.0. The second kappa shape index (κ2) is 7.91. The number of methoxy groups -OCH3 is 1. The number of nitrogens with one attached hydrogen (secondary N) is 1. The number of oxazole rings is 1. The lowest BCUT2D eigenvalue weighted by Crippen LogP contribution is -2.28. The molecule has 0 atom stereocenters. The van der Waals surface area contributed by atoms with Gasteiger partial charge < -0.3 is 14.5 Å². The third kappa shape index (κ3) is 3.96. The molecule has 1 heterocycles. The molecule has 0 bridgehead atoms. The number of fused-ring (bicyclic) bond motifs is 1. The summed E-state index contributed by atoms with van der Waals surface area (Å²) < 4.78 is 12.0. The molecule has 0 spiro atoms. The molecule has 1 aromatic heterocycles. The molecule has 26 heavy (non-hydrogen) atoms. The van der Waals surface area contributed by atoms with Gasteiger partial charge in [0, 0.05) is 19.5 Å². The van der Waals surface area contributed by atoms with Crippen molar-refractivity contribution >= 4 is 17.0 Å². The summed E-state index contributed by atoms with van der Waals surface area (Å²) in [5.41, 5.74) is 3.45. The van der Waals surface area contributed by atoms with E-state index in [2.05, 4.69) is 11.4 Å². The minimum absolute atomic E-state index is 0.103. The van der Waals surface area contributed by atoms with Crippen molar-refractivity contribution in [3.8, 4) is 5.75 Å². The first-order valence-corrected chi connectivity index (χ1v) is 8.57. The van der Waals surface area contributed by atoms with Gasteiger partial charge in [0.1, 0.15) is 5.75 Å². The number of hydrogen-bond acceptors (Lipinski definition) is 4. The molecule has 6 heteroatoms. The van der Waals surface area contributed by atoms with Crippen LogP contribution in [0.1, 0.15) is 17.5 Å². The van der Waals surface area contributed by atoms with Crippen molar-refractivity contribution < 1.29 is 13.9 Å². The third-order valence-corrected chi connectivity index (χ3v) is 4.29. The highest BCUT2D eigenvalue weighted by molar-refractivity contribution is 5.76. The molecule has 0 saturated carbocycles. The van der Waals surface area contributed by atoms with E-state index in [4.69, 9.17) is 9.15 Å². The Morgan fingerprint density at radius 2 is 2.04 bits per heavy atom. The molecule has 0 aliphatic rings. The molecular formula is C20H22N2O4. The average molecular weight is 354 g/mol. The number of ether oxygens (including phenoxy) is 1. The first kappa shape index (κ1) is 17.8. The maximum Gasteiger partial charge on any atom is 0.419 e. The van der Waals surface area contributed by atoms with Crippen LogP contribution in [0.25, 0.3) is 11.1 Å². The Morgan fingerprint density at radius 3 is 2.85 bits per heavy atom. The highest BCUT2D eigenvalue weighted by Gasteiger charge is 2.10. The fourth-order valence-corrected chi connectivity index (χ4v) is 2.97. The van der Waals surface area contributed by atoms with Gasteiger partial charge in [-0.15, -0.1) is 0 Å².